The van der Waals surface area contributed by atoms with E-state index in [1.54, 1.807) is 0 Å². The van der Waals surface area contributed by atoms with Crippen LogP contribution in [0.25, 0.3) is 0 Å². The zero-order valence-electron chi connectivity index (χ0n) is 24.4. The quantitative estimate of drug-likeness (QED) is 0.0795. The Hall–Kier alpha value is -1.76. The Kier molecular flexibility index (Phi) is 16.7. The first-order valence-corrected chi connectivity index (χ1v) is 15.3. The van der Waals surface area contributed by atoms with E-state index in [4.69, 9.17) is 13.8 Å². The molecule has 0 aliphatic heterocycles. The normalized spacial score (nSPS) is 18.4. The lowest BCUT2D eigenvalue weighted by molar-refractivity contribution is -0.142. The standard InChI is InChI=1S/C30H50NO6P/c1-7-22-36-38(33,34)37-24-21-31-20-9-8-15-29(32)35-23-18-26(3)13-10-12-25(2)16-17-28-27(4)14-11-19-30(28,5)6/h10,12-13,16-18,31H,7-9,11,14-15,19-24H2,1-6H3,(H,33,34)/b13-10+,17-16+,25-12+,26-18+. The van der Waals surface area contributed by atoms with E-state index < -0.39 is 7.82 Å². The Morgan fingerprint density at radius 2 is 1.84 bits per heavy atom. The van der Waals surface area contributed by atoms with Crippen LogP contribution in [-0.2, 0) is 23.1 Å². The summed E-state index contributed by atoms with van der Waals surface area (Å²) in [5, 5.41) is 3.11. The van der Waals surface area contributed by atoms with Crippen molar-refractivity contribution in [1.82, 2.24) is 5.32 Å². The number of unbranched alkanes of at least 4 members (excludes halogenated alkanes) is 1. The van der Waals surface area contributed by atoms with E-state index in [-0.39, 0.29) is 31.2 Å². The van der Waals surface area contributed by atoms with Crippen molar-refractivity contribution >= 4 is 13.8 Å². The van der Waals surface area contributed by atoms with Gasteiger partial charge in [-0.15, -0.1) is 0 Å². The van der Waals surface area contributed by atoms with Gasteiger partial charge in [0.1, 0.15) is 6.61 Å². The number of phosphoric ester groups is 1. The predicted octanol–water partition coefficient (Wildman–Crippen LogP) is 7.36. The van der Waals surface area contributed by atoms with E-state index in [1.165, 1.54) is 36.0 Å². The molecule has 0 aromatic carbocycles. The van der Waals surface area contributed by atoms with Crippen molar-refractivity contribution in [3.63, 3.8) is 0 Å². The summed E-state index contributed by atoms with van der Waals surface area (Å²) in [7, 11) is -3.94. The molecular formula is C30H50NO6P. The monoisotopic (exact) mass is 551 g/mol. The highest BCUT2D eigenvalue weighted by Gasteiger charge is 2.26. The molecule has 0 saturated heterocycles. The maximum Gasteiger partial charge on any atom is 0.472 e. The van der Waals surface area contributed by atoms with Gasteiger partial charge in [0.2, 0.25) is 0 Å². The Balaban J connectivity index is 2.22. The SMILES string of the molecule is CCCOP(=O)(O)OCCNCCCCC(=O)OC/C=C(C)/C=C/C=C(C)/C=C/C1=C(C)CCCC1(C)C. The minimum Gasteiger partial charge on any atom is -0.461 e. The molecule has 1 rings (SSSR count). The van der Waals surface area contributed by atoms with Crippen molar-refractivity contribution in [2.75, 3.05) is 32.9 Å². The summed E-state index contributed by atoms with van der Waals surface area (Å²) in [5.41, 5.74) is 5.45. The van der Waals surface area contributed by atoms with Crippen LogP contribution in [0.15, 0.2) is 58.7 Å². The van der Waals surface area contributed by atoms with Gasteiger partial charge < -0.3 is 14.9 Å². The van der Waals surface area contributed by atoms with Crippen molar-refractivity contribution in [2.24, 2.45) is 5.41 Å². The summed E-state index contributed by atoms with van der Waals surface area (Å²) in [5.74, 6) is -0.216. The second kappa shape index (κ2) is 18.5. The second-order valence-corrected chi connectivity index (χ2v) is 12.0. The highest BCUT2D eigenvalue weighted by molar-refractivity contribution is 7.47. The molecule has 0 bridgehead atoms. The predicted molar refractivity (Wildman–Crippen MR) is 156 cm³/mol. The third-order valence-corrected chi connectivity index (χ3v) is 7.42. The summed E-state index contributed by atoms with van der Waals surface area (Å²) < 4.78 is 26.4. The first kappa shape index (κ1) is 34.3. The third-order valence-electron chi connectivity index (χ3n) is 6.40. The van der Waals surface area contributed by atoms with E-state index in [2.05, 4.69) is 51.2 Å². The molecule has 1 atom stereocenters. The largest absolute Gasteiger partial charge is 0.472 e. The maximum atomic E-state index is 11.9. The topological polar surface area (TPSA) is 94.1 Å². The van der Waals surface area contributed by atoms with Crippen LogP contribution >= 0.6 is 7.82 Å². The Morgan fingerprint density at radius 1 is 1.11 bits per heavy atom. The van der Waals surface area contributed by atoms with E-state index in [1.807, 2.05) is 32.1 Å². The molecule has 0 spiro atoms. The fourth-order valence-corrected chi connectivity index (χ4v) is 4.97. The van der Waals surface area contributed by atoms with Crippen LogP contribution in [0, 0.1) is 5.41 Å². The molecule has 38 heavy (non-hydrogen) atoms. The summed E-state index contributed by atoms with van der Waals surface area (Å²) in [6, 6.07) is 0. The molecule has 0 amide bonds. The highest BCUT2D eigenvalue weighted by atomic mass is 31.2. The zero-order chi connectivity index (χ0) is 28.4. The van der Waals surface area contributed by atoms with Crippen LogP contribution in [0.3, 0.4) is 0 Å². The van der Waals surface area contributed by atoms with Crippen molar-refractivity contribution in [3.8, 4) is 0 Å². The van der Waals surface area contributed by atoms with Crippen molar-refractivity contribution in [2.45, 2.75) is 86.5 Å². The lowest BCUT2D eigenvalue weighted by Crippen LogP contribution is -2.21. The Bertz CT molecular complexity index is 929. The van der Waals surface area contributed by atoms with Gasteiger partial charge in [0.15, 0.2) is 0 Å². The van der Waals surface area contributed by atoms with E-state index >= 15 is 0 Å². The Morgan fingerprint density at radius 3 is 2.55 bits per heavy atom. The van der Waals surface area contributed by atoms with Crippen LogP contribution in [0.1, 0.15) is 86.5 Å². The molecule has 7 nitrogen and oxygen atoms in total. The highest BCUT2D eigenvalue weighted by Crippen LogP contribution is 2.43. The fraction of sp³-hybridized carbons (Fsp3) is 0.633. The third kappa shape index (κ3) is 15.6. The number of phosphoric acid groups is 1. The van der Waals surface area contributed by atoms with Gasteiger partial charge in [-0.2, -0.15) is 0 Å². The number of hydrogen-bond donors (Lipinski definition) is 2. The lowest BCUT2D eigenvalue weighted by Gasteiger charge is -2.32. The number of carbonyl (C=O) groups is 1. The number of nitrogens with one attached hydrogen (secondary N) is 1. The molecule has 0 heterocycles. The zero-order valence-corrected chi connectivity index (χ0v) is 25.3. The summed E-state index contributed by atoms with van der Waals surface area (Å²) in [6.07, 6.45) is 18.7. The van der Waals surface area contributed by atoms with E-state index in [0.29, 0.717) is 32.4 Å². The molecule has 1 aliphatic carbocycles. The fourth-order valence-electron chi connectivity index (χ4n) is 4.16. The van der Waals surface area contributed by atoms with Crippen molar-refractivity contribution in [1.29, 1.82) is 0 Å². The van der Waals surface area contributed by atoms with Gasteiger partial charge in [0, 0.05) is 13.0 Å². The van der Waals surface area contributed by atoms with Crippen LogP contribution < -0.4 is 5.32 Å². The minimum absolute atomic E-state index is 0.0854. The molecule has 0 aromatic heterocycles. The molecule has 0 radical (unpaired) electrons. The average molecular weight is 552 g/mol. The van der Waals surface area contributed by atoms with Crippen molar-refractivity contribution in [3.05, 3.63) is 58.7 Å². The smallest absolute Gasteiger partial charge is 0.461 e. The summed E-state index contributed by atoms with van der Waals surface area (Å²) in [4.78, 5) is 21.3. The van der Waals surface area contributed by atoms with Gasteiger partial charge in [-0.1, -0.05) is 67.9 Å². The average Bonchev–Trinajstić information content (AvgIpc) is 2.83. The van der Waals surface area contributed by atoms with Gasteiger partial charge >= 0.3 is 13.8 Å². The lowest BCUT2D eigenvalue weighted by atomic mass is 9.72. The summed E-state index contributed by atoms with van der Waals surface area (Å²) in [6.45, 7) is 14.5. The number of hydrogen-bond acceptors (Lipinski definition) is 6. The van der Waals surface area contributed by atoms with Gasteiger partial charge in [-0.3, -0.25) is 13.8 Å². The molecule has 0 aromatic rings. The number of rotatable bonds is 18. The van der Waals surface area contributed by atoms with Crippen LogP contribution in [0.4, 0.5) is 0 Å². The van der Waals surface area contributed by atoms with Gasteiger partial charge in [-0.05, 0) is 82.9 Å². The molecule has 0 fully saturated rings. The maximum absolute atomic E-state index is 11.9. The molecule has 2 N–H and O–H groups in total. The van der Waals surface area contributed by atoms with Crippen LogP contribution in [0.2, 0.25) is 0 Å². The van der Waals surface area contributed by atoms with Gasteiger partial charge in [-0.25, -0.2) is 4.57 Å². The summed E-state index contributed by atoms with van der Waals surface area (Å²) >= 11 is 0. The number of carbonyl (C=O) groups excluding carboxylic acids is 1. The van der Waals surface area contributed by atoms with E-state index in [9.17, 15) is 14.3 Å². The molecule has 1 unspecified atom stereocenters. The van der Waals surface area contributed by atoms with Gasteiger partial charge in [0.05, 0.1) is 13.2 Å². The number of ether oxygens (including phenoxy) is 1. The van der Waals surface area contributed by atoms with E-state index in [0.717, 1.165) is 12.0 Å². The van der Waals surface area contributed by atoms with Gasteiger partial charge in [0.25, 0.3) is 0 Å². The molecular weight excluding hydrogens is 501 g/mol. The number of allylic oxidation sites excluding steroid dienone is 9. The molecule has 8 heteroatoms. The number of esters is 1. The second-order valence-electron chi connectivity index (χ2n) is 10.5. The van der Waals surface area contributed by atoms with Crippen molar-refractivity contribution < 1.29 is 28.0 Å². The first-order valence-electron chi connectivity index (χ1n) is 13.8. The Labute approximate surface area is 230 Å². The molecule has 0 saturated carbocycles. The van der Waals surface area contributed by atoms with Crippen LogP contribution in [0.5, 0.6) is 0 Å². The first-order chi connectivity index (χ1) is 18.0. The molecule has 1 aliphatic rings. The molecule has 216 valence electrons. The minimum atomic E-state index is -3.94. The van der Waals surface area contributed by atoms with Crippen LogP contribution in [-0.4, -0.2) is 43.8 Å².